The third kappa shape index (κ3) is 5.68. The fourth-order valence-electron chi connectivity index (χ4n) is 4.43. The molecule has 1 saturated carbocycles. The Morgan fingerprint density at radius 1 is 1.09 bits per heavy atom. The van der Waals surface area contributed by atoms with Gasteiger partial charge < -0.3 is 15.0 Å². The summed E-state index contributed by atoms with van der Waals surface area (Å²) in [7, 11) is 0. The Labute approximate surface area is 189 Å². The first-order chi connectivity index (χ1) is 15.5. The van der Waals surface area contributed by atoms with Gasteiger partial charge in [-0.25, -0.2) is 4.79 Å². The van der Waals surface area contributed by atoms with Gasteiger partial charge in [-0.2, -0.15) is 4.68 Å². The Kier molecular flexibility index (Phi) is 7.09. The van der Waals surface area contributed by atoms with Gasteiger partial charge >= 0.3 is 6.03 Å². The molecule has 2 heterocycles. The molecule has 0 bridgehead atoms. The molecule has 0 spiro atoms. The number of aryl methyl sites for hydroxylation is 1. The van der Waals surface area contributed by atoms with Crippen molar-refractivity contribution < 1.29 is 14.3 Å². The largest absolute Gasteiger partial charge is 0.490 e. The molecule has 4 rings (SSSR count). The van der Waals surface area contributed by atoms with E-state index in [-0.39, 0.29) is 11.9 Å². The highest BCUT2D eigenvalue weighted by atomic mass is 16.5. The summed E-state index contributed by atoms with van der Waals surface area (Å²) in [6.45, 7) is 7.20. The van der Waals surface area contributed by atoms with E-state index in [4.69, 9.17) is 4.74 Å². The van der Waals surface area contributed by atoms with E-state index in [9.17, 15) is 9.59 Å². The summed E-state index contributed by atoms with van der Waals surface area (Å²) in [6, 6.07) is 7.94. The Bertz CT molecular complexity index is 943. The van der Waals surface area contributed by atoms with Gasteiger partial charge in [0.2, 0.25) is 5.91 Å². The van der Waals surface area contributed by atoms with Crippen LogP contribution < -0.4 is 10.1 Å². The summed E-state index contributed by atoms with van der Waals surface area (Å²) in [5, 5.41) is 6.74. The van der Waals surface area contributed by atoms with Crippen LogP contribution in [0.3, 0.4) is 0 Å². The first-order valence-electron chi connectivity index (χ1n) is 11.6. The molecule has 1 aliphatic carbocycles. The van der Waals surface area contributed by atoms with Crippen molar-refractivity contribution in [2.24, 2.45) is 0 Å². The molecule has 2 aromatic rings. The molecule has 1 aliphatic heterocycles. The average molecular weight is 440 g/mol. The number of hydrogen-bond acceptors (Lipinski definition) is 5. The van der Waals surface area contributed by atoms with Crippen molar-refractivity contribution in [3.05, 3.63) is 41.6 Å². The molecule has 32 heavy (non-hydrogen) atoms. The molecular formula is C24H33N5O3. The summed E-state index contributed by atoms with van der Waals surface area (Å²) < 4.78 is 7.71. The minimum atomic E-state index is -0.209. The van der Waals surface area contributed by atoms with Gasteiger partial charge in [0.05, 0.1) is 6.10 Å². The molecule has 0 radical (unpaired) electrons. The number of aromatic nitrogens is 2. The van der Waals surface area contributed by atoms with Gasteiger partial charge in [-0.1, -0.05) is 18.6 Å². The fraction of sp³-hybridized carbons (Fsp3) is 0.542. The number of carbonyl (C=O) groups is 2. The summed E-state index contributed by atoms with van der Waals surface area (Å²) >= 11 is 0. The molecular weight excluding hydrogens is 406 g/mol. The molecule has 2 amide bonds. The van der Waals surface area contributed by atoms with Crippen LogP contribution in [0.25, 0.3) is 0 Å². The number of ether oxygens (including phenoxy) is 1. The van der Waals surface area contributed by atoms with Crippen LogP contribution in [0, 0.1) is 6.92 Å². The first-order valence-corrected chi connectivity index (χ1v) is 11.6. The van der Waals surface area contributed by atoms with Crippen LogP contribution in [-0.4, -0.2) is 63.8 Å². The number of carbonyl (C=O) groups excluding carboxylic acids is 2. The van der Waals surface area contributed by atoms with Crippen LogP contribution in [-0.2, 0) is 11.3 Å². The number of amides is 2. The predicted octanol–water partition coefficient (Wildman–Crippen LogP) is 3.65. The third-order valence-electron chi connectivity index (χ3n) is 6.19. The highest BCUT2D eigenvalue weighted by Crippen LogP contribution is 2.28. The molecule has 2 fully saturated rings. The minimum absolute atomic E-state index is 0.169. The van der Waals surface area contributed by atoms with E-state index in [1.807, 2.05) is 0 Å². The van der Waals surface area contributed by atoms with Crippen LogP contribution in [0.15, 0.2) is 30.5 Å². The Morgan fingerprint density at radius 3 is 2.56 bits per heavy atom. The number of nitrogens with one attached hydrogen (secondary N) is 1. The van der Waals surface area contributed by atoms with Crippen molar-refractivity contribution in [1.29, 1.82) is 0 Å². The quantitative estimate of drug-likeness (QED) is 0.769. The number of nitrogens with zero attached hydrogens (tertiary/aromatic N) is 4. The van der Waals surface area contributed by atoms with E-state index in [0.717, 1.165) is 38.2 Å². The number of anilines is 1. The summed E-state index contributed by atoms with van der Waals surface area (Å²) in [6.07, 6.45) is 8.03. The van der Waals surface area contributed by atoms with E-state index in [2.05, 4.69) is 40.4 Å². The minimum Gasteiger partial charge on any atom is -0.490 e. The molecule has 0 atom stereocenters. The third-order valence-corrected chi connectivity index (χ3v) is 6.19. The van der Waals surface area contributed by atoms with E-state index in [1.165, 1.54) is 42.0 Å². The van der Waals surface area contributed by atoms with Gasteiger partial charge in [0.1, 0.15) is 5.75 Å². The zero-order valence-corrected chi connectivity index (χ0v) is 19.0. The van der Waals surface area contributed by atoms with E-state index < -0.39 is 0 Å². The standard InChI is InChI=1S/C24H33N5O3/c1-18-8-9-20(22(16-18)32-21-6-4-3-5-7-21)17-27-12-14-28(15-13-27)24(31)29-11-10-23(26-29)25-19(2)30/h8-11,16,21H,3-7,12-15,17H2,1-2H3,(H,25,26,30). The zero-order valence-electron chi connectivity index (χ0n) is 19.0. The maximum Gasteiger partial charge on any atom is 0.344 e. The van der Waals surface area contributed by atoms with Gasteiger partial charge in [-0.3, -0.25) is 9.69 Å². The van der Waals surface area contributed by atoms with Gasteiger partial charge in [0, 0.05) is 57.5 Å². The average Bonchev–Trinajstić information content (AvgIpc) is 3.24. The van der Waals surface area contributed by atoms with Crippen LogP contribution >= 0.6 is 0 Å². The molecule has 1 N–H and O–H groups in total. The second-order valence-corrected chi connectivity index (χ2v) is 8.86. The Balaban J connectivity index is 1.33. The number of hydrogen-bond donors (Lipinski definition) is 1. The lowest BCUT2D eigenvalue weighted by molar-refractivity contribution is -0.114. The topological polar surface area (TPSA) is 79.7 Å². The maximum absolute atomic E-state index is 12.8. The Hall–Kier alpha value is -2.87. The van der Waals surface area contributed by atoms with Crippen molar-refractivity contribution in [2.45, 2.75) is 58.6 Å². The maximum atomic E-state index is 12.8. The van der Waals surface area contributed by atoms with Crippen LogP contribution in [0.4, 0.5) is 10.6 Å². The number of piperazine rings is 1. The van der Waals surface area contributed by atoms with Crippen molar-refractivity contribution in [3.63, 3.8) is 0 Å². The normalized spacial score (nSPS) is 17.9. The van der Waals surface area contributed by atoms with Gasteiger partial charge in [0.15, 0.2) is 5.82 Å². The second kappa shape index (κ2) is 10.2. The molecule has 1 aromatic carbocycles. The second-order valence-electron chi connectivity index (χ2n) is 8.86. The Morgan fingerprint density at radius 2 is 1.84 bits per heavy atom. The lowest BCUT2D eigenvalue weighted by Crippen LogP contribution is -2.49. The monoisotopic (exact) mass is 439 g/mol. The molecule has 1 aromatic heterocycles. The SMILES string of the molecule is CC(=O)Nc1ccn(C(=O)N2CCN(Cc3ccc(C)cc3OC3CCCCC3)CC2)n1. The number of benzene rings is 1. The van der Waals surface area contributed by atoms with Gasteiger partial charge in [-0.05, 0) is 44.2 Å². The van der Waals surface area contributed by atoms with E-state index in [1.54, 1.807) is 17.2 Å². The lowest BCUT2D eigenvalue weighted by Gasteiger charge is -2.35. The first kappa shape index (κ1) is 22.3. The van der Waals surface area contributed by atoms with Crippen LogP contribution in [0.1, 0.15) is 50.2 Å². The molecule has 1 saturated heterocycles. The lowest BCUT2D eigenvalue weighted by atomic mass is 9.97. The van der Waals surface area contributed by atoms with Crippen molar-refractivity contribution >= 4 is 17.8 Å². The fourth-order valence-corrected chi connectivity index (χ4v) is 4.43. The van der Waals surface area contributed by atoms with E-state index in [0.29, 0.717) is 25.0 Å². The number of rotatable bonds is 5. The summed E-state index contributed by atoms with van der Waals surface area (Å²) in [5.41, 5.74) is 2.43. The van der Waals surface area contributed by atoms with Crippen LogP contribution in [0.5, 0.6) is 5.75 Å². The molecule has 2 aliphatic rings. The van der Waals surface area contributed by atoms with Crippen LogP contribution in [0.2, 0.25) is 0 Å². The van der Waals surface area contributed by atoms with Crippen molar-refractivity contribution in [3.8, 4) is 5.75 Å². The van der Waals surface area contributed by atoms with Crippen molar-refractivity contribution in [2.75, 3.05) is 31.5 Å². The van der Waals surface area contributed by atoms with Gasteiger partial charge in [0.25, 0.3) is 0 Å². The van der Waals surface area contributed by atoms with Crippen molar-refractivity contribution in [1.82, 2.24) is 19.6 Å². The summed E-state index contributed by atoms with van der Waals surface area (Å²) in [5.74, 6) is 1.19. The van der Waals surface area contributed by atoms with E-state index >= 15 is 0 Å². The van der Waals surface area contributed by atoms with Gasteiger partial charge in [-0.15, -0.1) is 5.10 Å². The smallest absolute Gasteiger partial charge is 0.344 e. The molecule has 0 unspecified atom stereocenters. The molecule has 172 valence electrons. The molecule has 8 nitrogen and oxygen atoms in total. The molecule has 8 heteroatoms. The predicted molar refractivity (Wildman–Crippen MR) is 123 cm³/mol. The highest BCUT2D eigenvalue weighted by molar-refractivity contribution is 5.87. The highest BCUT2D eigenvalue weighted by Gasteiger charge is 2.24. The summed E-state index contributed by atoms with van der Waals surface area (Å²) in [4.78, 5) is 28.1. The zero-order chi connectivity index (χ0) is 22.5.